The van der Waals surface area contributed by atoms with Gasteiger partial charge in [-0.05, 0) is 66.8 Å². The molecule has 198 valence electrons. The van der Waals surface area contributed by atoms with Gasteiger partial charge in [0.15, 0.2) is 4.80 Å². The Morgan fingerprint density at radius 3 is 2.54 bits per heavy atom. The predicted molar refractivity (Wildman–Crippen MR) is 149 cm³/mol. The highest BCUT2D eigenvalue weighted by Crippen LogP contribution is 2.33. The lowest BCUT2D eigenvalue weighted by molar-refractivity contribution is -0.384. The van der Waals surface area contributed by atoms with E-state index in [0.717, 1.165) is 16.0 Å². The first kappa shape index (κ1) is 26.3. The minimum absolute atomic E-state index is 0.0300. The smallest absolute Gasteiger partial charge is 0.338 e. The number of carbonyl (C=O) groups is 1. The van der Waals surface area contributed by atoms with Crippen molar-refractivity contribution in [2.24, 2.45) is 4.99 Å². The molecular weight excluding hydrogens is 538 g/mol. The van der Waals surface area contributed by atoms with Crippen LogP contribution < -0.4 is 19.6 Å². The molecule has 2 aromatic carbocycles. The Bertz CT molecular complexity index is 1730. The Hall–Kier alpha value is -4.35. The van der Waals surface area contributed by atoms with E-state index in [-0.39, 0.29) is 24.5 Å². The van der Waals surface area contributed by atoms with Gasteiger partial charge in [0, 0.05) is 17.0 Å². The topological polar surface area (TPSA) is 113 Å². The minimum Gasteiger partial charge on any atom is -0.489 e. The van der Waals surface area contributed by atoms with Crippen LogP contribution in [0.4, 0.5) is 5.69 Å². The van der Waals surface area contributed by atoms with Gasteiger partial charge in [0.25, 0.3) is 11.2 Å². The number of esters is 1. The number of benzene rings is 2. The van der Waals surface area contributed by atoms with Crippen LogP contribution in [-0.2, 0) is 16.1 Å². The molecule has 0 saturated heterocycles. The summed E-state index contributed by atoms with van der Waals surface area (Å²) in [6.07, 6.45) is 1.79. The van der Waals surface area contributed by atoms with Gasteiger partial charge < -0.3 is 9.47 Å². The average molecular weight is 562 g/mol. The summed E-state index contributed by atoms with van der Waals surface area (Å²) in [6, 6.07) is 16.7. The fourth-order valence-electron chi connectivity index (χ4n) is 4.20. The van der Waals surface area contributed by atoms with E-state index >= 15 is 0 Å². The quantitative estimate of drug-likeness (QED) is 0.180. The van der Waals surface area contributed by atoms with Crippen molar-refractivity contribution < 1.29 is 19.2 Å². The van der Waals surface area contributed by atoms with E-state index in [2.05, 4.69) is 4.99 Å². The molecule has 0 fully saturated rings. The molecule has 39 heavy (non-hydrogen) atoms. The van der Waals surface area contributed by atoms with E-state index in [9.17, 15) is 19.7 Å². The van der Waals surface area contributed by atoms with Crippen molar-refractivity contribution in [3.8, 4) is 5.75 Å². The molecule has 3 heterocycles. The van der Waals surface area contributed by atoms with E-state index in [0.29, 0.717) is 26.4 Å². The number of carbonyl (C=O) groups excluding carboxylic acids is 1. The van der Waals surface area contributed by atoms with Crippen LogP contribution in [0.25, 0.3) is 6.08 Å². The maximum absolute atomic E-state index is 13.6. The van der Waals surface area contributed by atoms with Crippen molar-refractivity contribution in [3.05, 3.63) is 123 Å². The second-order valence-corrected chi connectivity index (χ2v) is 10.6. The first-order chi connectivity index (χ1) is 18.9. The Balaban J connectivity index is 1.42. The van der Waals surface area contributed by atoms with E-state index in [1.54, 1.807) is 48.8 Å². The highest BCUT2D eigenvalue weighted by Gasteiger charge is 2.33. The Morgan fingerprint density at radius 2 is 1.90 bits per heavy atom. The van der Waals surface area contributed by atoms with Gasteiger partial charge in [0.05, 0.1) is 27.3 Å². The molecule has 0 spiro atoms. The second kappa shape index (κ2) is 11.2. The Morgan fingerprint density at radius 1 is 1.15 bits per heavy atom. The van der Waals surface area contributed by atoms with Crippen molar-refractivity contribution in [3.63, 3.8) is 0 Å². The molecule has 0 bridgehead atoms. The van der Waals surface area contributed by atoms with Crippen molar-refractivity contribution in [1.82, 2.24) is 4.57 Å². The molecule has 0 radical (unpaired) electrons. The van der Waals surface area contributed by atoms with Crippen molar-refractivity contribution in [2.75, 3.05) is 6.61 Å². The third-order valence-corrected chi connectivity index (χ3v) is 7.97. The fraction of sp³-hybridized carbons (Fsp3) is 0.179. The van der Waals surface area contributed by atoms with Gasteiger partial charge in [-0.3, -0.25) is 19.5 Å². The molecule has 9 nitrogen and oxygen atoms in total. The van der Waals surface area contributed by atoms with Gasteiger partial charge in [0.1, 0.15) is 18.4 Å². The van der Waals surface area contributed by atoms with Gasteiger partial charge in [0.2, 0.25) is 0 Å². The summed E-state index contributed by atoms with van der Waals surface area (Å²) >= 11 is 2.74. The lowest BCUT2D eigenvalue weighted by Gasteiger charge is -2.23. The molecule has 4 aromatic rings. The molecule has 2 aromatic heterocycles. The summed E-state index contributed by atoms with van der Waals surface area (Å²) in [6.45, 7) is 4.00. The molecule has 0 aliphatic carbocycles. The molecule has 0 N–H and O–H groups in total. The van der Waals surface area contributed by atoms with Crippen LogP contribution in [0.15, 0.2) is 87.1 Å². The zero-order valence-electron chi connectivity index (χ0n) is 21.0. The number of nitro groups is 1. The molecule has 0 amide bonds. The van der Waals surface area contributed by atoms with Gasteiger partial charge in [-0.2, -0.15) is 0 Å². The van der Waals surface area contributed by atoms with E-state index in [4.69, 9.17) is 9.47 Å². The molecule has 1 unspecified atom stereocenters. The molecule has 1 aliphatic rings. The van der Waals surface area contributed by atoms with E-state index < -0.39 is 16.9 Å². The van der Waals surface area contributed by atoms with E-state index in [1.807, 2.05) is 29.6 Å². The zero-order chi connectivity index (χ0) is 27.5. The summed E-state index contributed by atoms with van der Waals surface area (Å²) in [7, 11) is 0. The van der Waals surface area contributed by atoms with Crippen LogP contribution >= 0.6 is 22.7 Å². The van der Waals surface area contributed by atoms with Gasteiger partial charge in [-0.1, -0.05) is 29.5 Å². The number of hydrogen-bond donors (Lipinski definition) is 0. The number of nitro benzene ring substituents is 1. The normalized spacial score (nSPS) is 15.0. The first-order valence-corrected chi connectivity index (χ1v) is 13.7. The standard InChI is InChI=1S/C28H23N3O6S2/c1-3-36-27(33)24-17(2)29-28-30(25(24)22-5-4-14-38-22)26(32)23(39-28)15-18-8-12-21(13-9-18)37-16-19-6-10-20(11-7-19)31(34)35/h4-15,25H,3,16H2,1-2H3/b23-15-. The number of allylic oxidation sites excluding steroid dienone is 1. The van der Waals surface area contributed by atoms with Crippen LogP contribution in [0.1, 0.15) is 35.9 Å². The SMILES string of the molecule is CCOC(=O)C1=C(C)N=c2s/c(=C\c3ccc(OCc4ccc([N+](=O)[O-])cc4)cc3)c(=O)n2C1c1cccs1. The summed E-state index contributed by atoms with van der Waals surface area (Å²) < 4.78 is 13.2. The summed E-state index contributed by atoms with van der Waals surface area (Å²) in [5.41, 5.74) is 2.31. The van der Waals surface area contributed by atoms with Crippen LogP contribution in [0, 0.1) is 10.1 Å². The van der Waals surface area contributed by atoms with Gasteiger partial charge >= 0.3 is 5.97 Å². The van der Waals surface area contributed by atoms with Gasteiger partial charge in [-0.25, -0.2) is 9.79 Å². The van der Waals surface area contributed by atoms with Crippen LogP contribution in [0.3, 0.4) is 0 Å². The van der Waals surface area contributed by atoms with Crippen LogP contribution in [0.5, 0.6) is 5.75 Å². The van der Waals surface area contributed by atoms with E-state index in [1.165, 1.54) is 34.8 Å². The molecule has 1 aliphatic heterocycles. The monoisotopic (exact) mass is 561 g/mol. The molecule has 1 atom stereocenters. The summed E-state index contributed by atoms with van der Waals surface area (Å²) in [5, 5.41) is 12.7. The summed E-state index contributed by atoms with van der Waals surface area (Å²) in [5.74, 6) is 0.148. The molecule has 0 saturated carbocycles. The number of non-ortho nitro benzene ring substituents is 1. The Labute approximate surface area is 230 Å². The first-order valence-electron chi connectivity index (χ1n) is 12.0. The fourth-order valence-corrected chi connectivity index (χ4v) is 6.07. The number of nitrogens with zero attached hydrogens (tertiary/aromatic N) is 3. The average Bonchev–Trinajstić information content (AvgIpc) is 3.56. The molecular formula is C28H23N3O6S2. The minimum atomic E-state index is -0.599. The number of ether oxygens (including phenoxy) is 2. The number of rotatable bonds is 8. The number of fused-ring (bicyclic) bond motifs is 1. The van der Waals surface area contributed by atoms with Crippen molar-refractivity contribution in [2.45, 2.75) is 26.5 Å². The maximum atomic E-state index is 13.6. The lowest BCUT2D eigenvalue weighted by Crippen LogP contribution is -2.39. The van der Waals surface area contributed by atoms with Crippen molar-refractivity contribution in [1.29, 1.82) is 0 Å². The predicted octanol–water partition coefficient (Wildman–Crippen LogP) is 4.35. The number of hydrogen-bond acceptors (Lipinski definition) is 9. The molecule has 5 rings (SSSR count). The molecule has 11 heteroatoms. The highest BCUT2D eigenvalue weighted by atomic mass is 32.1. The van der Waals surface area contributed by atoms with Gasteiger partial charge in [-0.15, -0.1) is 11.3 Å². The third kappa shape index (κ3) is 5.45. The number of thiazole rings is 1. The largest absolute Gasteiger partial charge is 0.489 e. The van der Waals surface area contributed by atoms with Crippen LogP contribution in [-0.4, -0.2) is 22.1 Å². The van der Waals surface area contributed by atoms with Crippen LogP contribution in [0.2, 0.25) is 0 Å². The number of thiophene rings is 1. The summed E-state index contributed by atoms with van der Waals surface area (Å²) in [4.78, 5) is 42.8. The highest BCUT2D eigenvalue weighted by molar-refractivity contribution is 7.10. The van der Waals surface area contributed by atoms with Crippen molar-refractivity contribution >= 4 is 40.4 Å². The Kier molecular flexibility index (Phi) is 7.53. The maximum Gasteiger partial charge on any atom is 0.338 e. The lowest BCUT2D eigenvalue weighted by atomic mass is 10.0. The second-order valence-electron chi connectivity index (χ2n) is 8.60. The third-order valence-electron chi connectivity index (χ3n) is 6.06. The number of aromatic nitrogens is 1. The zero-order valence-corrected chi connectivity index (χ0v) is 22.7.